The minimum atomic E-state index is 0.0806. The van der Waals surface area contributed by atoms with Crippen LogP contribution in [0.4, 0.5) is 0 Å². The summed E-state index contributed by atoms with van der Waals surface area (Å²) in [6, 6.07) is 7.94. The highest BCUT2D eigenvalue weighted by molar-refractivity contribution is 8.00. The van der Waals surface area contributed by atoms with E-state index in [1.54, 1.807) is 7.11 Å². The summed E-state index contributed by atoms with van der Waals surface area (Å²) < 4.78 is 5.09. The van der Waals surface area contributed by atoms with Crippen molar-refractivity contribution < 1.29 is 9.53 Å². The van der Waals surface area contributed by atoms with Crippen LogP contribution in [0.3, 0.4) is 0 Å². The van der Waals surface area contributed by atoms with Crippen molar-refractivity contribution in [2.24, 2.45) is 5.92 Å². The van der Waals surface area contributed by atoms with Crippen molar-refractivity contribution in [2.75, 3.05) is 12.9 Å². The van der Waals surface area contributed by atoms with E-state index in [2.05, 4.69) is 19.2 Å². The van der Waals surface area contributed by atoms with Gasteiger partial charge in [-0.25, -0.2) is 0 Å². The lowest BCUT2D eigenvalue weighted by atomic mass is 10.1. The zero-order valence-electron chi connectivity index (χ0n) is 11.4. The number of benzene rings is 1. The Morgan fingerprint density at radius 1 is 1.28 bits per heavy atom. The second kappa shape index (κ2) is 7.31. The maximum atomic E-state index is 11.7. The third-order valence-corrected chi connectivity index (χ3v) is 3.83. The minimum Gasteiger partial charge on any atom is -0.497 e. The molecule has 1 unspecified atom stereocenters. The highest BCUT2D eigenvalue weighted by Crippen LogP contribution is 2.21. The van der Waals surface area contributed by atoms with Crippen molar-refractivity contribution in [3.05, 3.63) is 24.3 Å². The maximum absolute atomic E-state index is 11.7. The van der Waals surface area contributed by atoms with E-state index in [0.717, 1.165) is 10.6 Å². The number of carbonyl (C=O) groups excluding carboxylic acids is 1. The van der Waals surface area contributed by atoms with E-state index < -0.39 is 0 Å². The fourth-order valence-corrected chi connectivity index (χ4v) is 1.99. The molecule has 1 aromatic rings. The molecule has 0 aliphatic carbocycles. The van der Waals surface area contributed by atoms with Gasteiger partial charge in [0.15, 0.2) is 0 Å². The van der Waals surface area contributed by atoms with Gasteiger partial charge in [0.1, 0.15) is 5.75 Å². The molecule has 0 aliphatic heterocycles. The summed E-state index contributed by atoms with van der Waals surface area (Å²) in [6.07, 6.45) is 0. The molecule has 0 aromatic heterocycles. The predicted octanol–water partition coefficient (Wildman–Crippen LogP) is 2.95. The molecule has 0 bridgehead atoms. The average molecular weight is 267 g/mol. The fourth-order valence-electron chi connectivity index (χ4n) is 1.28. The standard InChI is InChI=1S/C14H21NO2S/c1-10(2)11(3)15-14(16)9-18-13-7-5-12(17-4)6-8-13/h5-8,10-11H,9H2,1-4H3,(H,15,16). The van der Waals surface area contributed by atoms with Crippen molar-refractivity contribution in [1.82, 2.24) is 5.32 Å². The number of ether oxygens (including phenoxy) is 1. The lowest BCUT2D eigenvalue weighted by Gasteiger charge is -2.17. The summed E-state index contributed by atoms with van der Waals surface area (Å²) in [5.74, 6) is 1.82. The average Bonchev–Trinajstić information content (AvgIpc) is 2.36. The van der Waals surface area contributed by atoms with Crippen LogP contribution in [0.5, 0.6) is 5.75 Å². The number of rotatable bonds is 6. The van der Waals surface area contributed by atoms with E-state index in [0.29, 0.717) is 11.7 Å². The third-order valence-electron chi connectivity index (χ3n) is 2.82. The highest BCUT2D eigenvalue weighted by atomic mass is 32.2. The zero-order chi connectivity index (χ0) is 13.5. The third kappa shape index (κ3) is 5.00. The van der Waals surface area contributed by atoms with Crippen molar-refractivity contribution in [3.63, 3.8) is 0 Å². The summed E-state index contributed by atoms with van der Waals surface area (Å²) in [5.41, 5.74) is 0. The normalized spacial score (nSPS) is 12.3. The molecule has 1 N–H and O–H groups in total. The molecule has 100 valence electrons. The first kappa shape index (κ1) is 14.9. The SMILES string of the molecule is COc1ccc(SCC(=O)NC(C)C(C)C)cc1. The molecule has 0 saturated heterocycles. The number of amides is 1. The molecular weight excluding hydrogens is 246 g/mol. The quantitative estimate of drug-likeness (QED) is 0.805. The topological polar surface area (TPSA) is 38.3 Å². The number of thioether (sulfide) groups is 1. The van der Waals surface area contributed by atoms with Crippen LogP contribution >= 0.6 is 11.8 Å². The van der Waals surface area contributed by atoms with Crippen LogP contribution in [0.2, 0.25) is 0 Å². The van der Waals surface area contributed by atoms with Gasteiger partial charge in [-0.1, -0.05) is 13.8 Å². The van der Waals surface area contributed by atoms with Crippen LogP contribution in [-0.2, 0) is 4.79 Å². The van der Waals surface area contributed by atoms with Crippen molar-refractivity contribution in [2.45, 2.75) is 31.7 Å². The van der Waals surface area contributed by atoms with Gasteiger partial charge in [0, 0.05) is 10.9 Å². The van der Waals surface area contributed by atoms with Crippen molar-refractivity contribution >= 4 is 17.7 Å². The Balaban J connectivity index is 2.37. The van der Waals surface area contributed by atoms with Gasteiger partial charge < -0.3 is 10.1 Å². The van der Waals surface area contributed by atoms with Gasteiger partial charge >= 0.3 is 0 Å². The molecule has 0 spiro atoms. The molecule has 4 heteroatoms. The Labute approximate surface area is 113 Å². The van der Waals surface area contributed by atoms with Crippen LogP contribution in [0.15, 0.2) is 29.2 Å². The molecule has 1 rings (SSSR count). The Bertz CT molecular complexity index is 376. The van der Waals surface area contributed by atoms with Crippen LogP contribution < -0.4 is 10.1 Å². The van der Waals surface area contributed by atoms with Crippen LogP contribution in [0.25, 0.3) is 0 Å². The van der Waals surface area contributed by atoms with Crippen molar-refractivity contribution in [1.29, 1.82) is 0 Å². The first-order valence-electron chi connectivity index (χ1n) is 6.09. The second-order valence-electron chi connectivity index (χ2n) is 4.56. The molecule has 1 aromatic carbocycles. The summed E-state index contributed by atoms with van der Waals surface area (Å²) in [6.45, 7) is 6.23. The summed E-state index contributed by atoms with van der Waals surface area (Å²) in [7, 11) is 1.64. The van der Waals surface area contributed by atoms with Crippen LogP contribution in [0.1, 0.15) is 20.8 Å². The number of methoxy groups -OCH3 is 1. The van der Waals surface area contributed by atoms with Gasteiger partial charge in [-0.3, -0.25) is 4.79 Å². The minimum absolute atomic E-state index is 0.0806. The molecule has 1 amide bonds. The molecule has 3 nitrogen and oxygen atoms in total. The van der Waals surface area contributed by atoms with E-state index in [1.807, 2.05) is 31.2 Å². The van der Waals surface area contributed by atoms with E-state index >= 15 is 0 Å². The second-order valence-corrected chi connectivity index (χ2v) is 5.61. The number of nitrogens with one attached hydrogen (secondary N) is 1. The van der Waals surface area contributed by atoms with E-state index in [9.17, 15) is 4.79 Å². The maximum Gasteiger partial charge on any atom is 0.230 e. The van der Waals surface area contributed by atoms with Gasteiger partial charge in [0.05, 0.1) is 12.9 Å². The molecule has 0 heterocycles. The molecule has 1 atom stereocenters. The van der Waals surface area contributed by atoms with E-state index in [4.69, 9.17) is 4.74 Å². The lowest BCUT2D eigenvalue weighted by molar-refractivity contribution is -0.119. The lowest BCUT2D eigenvalue weighted by Crippen LogP contribution is -2.37. The first-order chi connectivity index (χ1) is 8.52. The largest absolute Gasteiger partial charge is 0.497 e. The fraction of sp³-hybridized carbons (Fsp3) is 0.500. The zero-order valence-corrected chi connectivity index (χ0v) is 12.2. The number of hydrogen-bond acceptors (Lipinski definition) is 3. The van der Waals surface area contributed by atoms with Crippen LogP contribution in [0, 0.1) is 5.92 Å². The van der Waals surface area contributed by atoms with Gasteiger partial charge in [-0.15, -0.1) is 11.8 Å². The Morgan fingerprint density at radius 2 is 1.89 bits per heavy atom. The molecule has 0 fully saturated rings. The number of carbonyl (C=O) groups is 1. The van der Waals surface area contributed by atoms with E-state index in [-0.39, 0.29) is 11.9 Å². The number of hydrogen-bond donors (Lipinski definition) is 1. The Kier molecular flexibility index (Phi) is 6.05. The van der Waals surface area contributed by atoms with Gasteiger partial charge in [-0.2, -0.15) is 0 Å². The first-order valence-corrected chi connectivity index (χ1v) is 7.07. The summed E-state index contributed by atoms with van der Waals surface area (Å²) in [4.78, 5) is 12.8. The molecule has 0 radical (unpaired) electrons. The van der Waals surface area contributed by atoms with Crippen LogP contribution in [-0.4, -0.2) is 24.8 Å². The molecular formula is C14H21NO2S. The predicted molar refractivity (Wildman–Crippen MR) is 76.2 cm³/mol. The highest BCUT2D eigenvalue weighted by Gasteiger charge is 2.10. The molecule has 0 aliphatic rings. The molecule has 0 saturated carbocycles. The smallest absolute Gasteiger partial charge is 0.230 e. The molecule has 18 heavy (non-hydrogen) atoms. The van der Waals surface area contributed by atoms with Gasteiger partial charge in [0.25, 0.3) is 0 Å². The Hall–Kier alpha value is -1.16. The Morgan fingerprint density at radius 3 is 2.39 bits per heavy atom. The summed E-state index contributed by atoms with van der Waals surface area (Å²) >= 11 is 1.53. The summed E-state index contributed by atoms with van der Waals surface area (Å²) in [5, 5.41) is 2.99. The van der Waals surface area contributed by atoms with Gasteiger partial charge in [0.2, 0.25) is 5.91 Å². The van der Waals surface area contributed by atoms with E-state index in [1.165, 1.54) is 11.8 Å². The van der Waals surface area contributed by atoms with Crippen molar-refractivity contribution in [3.8, 4) is 5.75 Å². The van der Waals surface area contributed by atoms with Gasteiger partial charge in [-0.05, 0) is 37.1 Å². The monoisotopic (exact) mass is 267 g/mol.